The molecule has 1 N–H and O–H groups in total. The van der Waals surface area contributed by atoms with Gasteiger partial charge in [0, 0.05) is 25.8 Å². The van der Waals surface area contributed by atoms with E-state index in [0.717, 1.165) is 42.9 Å². The molecule has 25 heavy (non-hydrogen) atoms. The van der Waals surface area contributed by atoms with Crippen molar-refractivity contribution in [1.29, 1.82) is 0 Å². The summed E-state index contributed by atoms with van der Waals surface area (Å²) in [6, 6.07) is 0. The number of hydrogen-bond donors (Lipinski definition) is 1. The third-order valence-corrected chi connectivity index (χ3v) is 5.53. The maximum atomic E-state index is 12.9. The molecule has 0 bridgehead atoms. The molecule has 1 fully saturated rings. The van der Waals surface area contributed by atoms with Gasteiger partial charge in [-0.3, -0.25) is 9.89 Å². The first-order chi connectivity index (χ1) is 11.8. The van der Waals surface area contributed by atoms with Gasteiger partial charge in [-0.15, -0.1) is 0 Å². The lowest BCUT2D eigenvalue weighted by Gasteiger charge is -2.33. The molecule has 0 radical (unpaired) electrons. The van der Waals surface area contributed by atoms with Crippen molar-refractivity contribution in [3.05, 3.63) is 22.8 Å². The van der Waals surface area contributed by atoms with E-state index in [1.165, 1.54) is 5.57 Å². The summed E-state index contributed by atoms with van der Waals surface area (Å²) in [6.45, 7) is 9.83. The fourth-order valence-electron chi connectivity index (χ4n) is 4.11. The number of rotatable bonds is 4. The minimum absolute atomic E-state index is 0.0370. The summed E-state index contributed by atoms with van der Waals surface area (Å²) in [6.07, 6.45) is 3.81. The molecule has 2 atom stereocenters. The van der Waals surface area contributed by atoms with Gasteiger partial charge < -0.3 is 9.64 Å². The highest BCUT2D eigenvalue weighted by atomic mass is 16.5. The molecule has 1 saturated heterocycles. The van der Waals surface area contributed by atoms with Gasteiger partial charge in [0.05, 0.1) is 12.0 Å². The molecule has 2 heterocycles. The second kappa shape index (κ2) is 6.90. The molecule has 0 saturated carbocycles. The minimum Gasteiger partial charge on any atom is -0.376 e. The van der Waals surface area contributed by atoms with E-state index in [1.54, 1.807) is 0 Å². The molecule has 1 aromatic rings. The number of hydrogen-bond acceptors (Lipinski definition) is 4. The zero-order valence-corrected chi connectivity index (χ0v) is 16.1. The fraction of sp³-hybridized carbons (Fsp3) is 0.737. The molecule has 1 amide bonds. The van der Waals surface area contributed by atoms with E-state index in [4.69, 9.17) is 4.74 Å². The second-order valence-electron chi connectivity index (χ2n) is 8.37. The first-order valence-corrected chi connectivity index (χ1v) is 9.21. The molecule has 0 spiro atoms. The van der Waals surface area contributed by atoms with Gasteiger partial charge in [-0.05, 0) is 44.9 Å². The molecule has 6 nitrogen and oxygen atoms in total. The third-order valence-electron chi connectivity index (χ3n) is 5.53. The summed E-state index contributed by atoms with van der Waals surface area (Å²) in [7, 11) is 1.88. The Kier molecular flexibility index (Phi) is 5.00. The monoisotopic (exact) mass is 346 g/mol. The van der Waals surface area contributed by atoms with Crippen LogP contribution in [0.15, 0.2) is 11.1 Å². The summed E-state index contributed by atoms with van der Waals surface area (Å²) in [5, 5.41) is 7.19. The number of carbonyl (C=O) groups is 1. The number of aryl methyl sites for hydroxylation is 1. The molecular weight excluding hydrogens is 316 g/mol. The molecule has 2 aliphatic rings. The number of likely N-dealkylation sites (N-methyl/N-ethyl adjacent to an activating group) is 1. The predicted octanol–water partition coefficient (Wildman–Crippen LogP) is 2.97. The average Bonchev–Trinajstić information content (AvgIpc) is 3.14. The Labute approximate surface area is 150 Å². The number of aromatic amines is 1. The third kappa shape index (κ3) is 3.94. The Hall–Kier alpha value is -1.69. The van der Waals surface area contributed by atoms with Crippen LogP contribution in [-0.4, -0.2) is 52.3 Å². The number of aromatic nitrogens is 3. The SMILES string of the molecule is CC1=C(C(=O)N(C)C[C@H]2OCC[C@H]2c2n[nH]c(C)n2)CCC(C)(C)C1. The van der Waals surface area contributed by atoms with Crippen molar-refractivity contribution in [1.82, 2.24) is 20.1 Å². The van der Waals surface area contributed by atoms with Gasteiger partial charge in [-0.2, -0.15) is 5.10 Å². The standard InChI is InChI=1S/C19H30N4O2/c1-12-10-19(3,4)8-6-14(12)18(24)23(5)11-16-15(7-9-25-16)17-20-13(2)21-22-17/h15-16H,6-11H2,1-5H3,(H,20,21,22)/t15-,16-/m1/s1. The second-order valence-corrected chi connectivity index (χ2v) is 8.37. The van der Waals surface area contributed by atoms with Crippen LogP contribution < -0.4 is 0 Å². The van der Waals surface area contributed by atoms with Crippen LogP contribution in [0.5, 0.6) is 0 Å². The maximum Gasteiger partial charge on any atom is 0.249 e. The molecular formula is C19H30N4O2. The maximum absolute atomic E-state index is 12.9. The molecule has 3 rings (SSSR count). The lowest BCUT2D eigenvalue weighted by atomic mass is 9.74. The number of ether oxygens (including phenoxy) is 1. The van der Waals surface area contributed by atoms with E-state index in [1.807, 2.05) is 18.9 Å². The van der Waals surface area contributed by atoms with E-state index in [2.05, 4.69) is 36.0 Å². The summed E-state index contributed by atoms with van der Waals surface area (Å²) in [5.41, 5.74) is 2.53. The van der Waals surface area contributed by atoms with Gasteiger partial charge >= 0.3 is 0 Å². The Bertz CT molecular complexity index is 677. The first-order valence-electron chi connectivity index (χ1n) is 9.21. The number of nitrogens with zero attached hydrogens (tertiary/aromatic N) is 3. The summed E-state index contributed by atoms with van der Waals surface area (Å²) in [5.74, 6) is 1.92. The minimum atomic E-state index is -0.0370. The Morgan fingerprint density at radius 3 is 2.80 bits per heavy atom. The predicted molar refractivity (Wildman–Crippen MR) is 96.2 cm³/mol. The van der Waals surface area contributed by atoms with Crippen molar-refractivity contribution in [2.24, 2.45) is 5.41 Å². The van der Waals surface area contributed by atoms with Gasteiger partial charge in [-0.1, -0.05) is 19.4 Å². The topological polar surface area (TPSA) is 71.1 Å². The van der Waals surface area contributed by atoms with Gasteiger partial charge in [-0.25, -0.2) is 4.98 Å². The van der Waals surface area contributed by atoms with E-state index in [9.17, 15) is 4.79 Å². The van der Waals surface area contributed by atoms with Crippen LogP contribution in [0.4, 0.5) is 0 Å². The molecule has 1 aromatic heterocycles. The van der Waals surface area contributed by atoms with Crippen LogP contribution in [0, 0.1) is 12.3 Å². The lowest BCUT2D eigenvalue weighted by Crippen LogP contribution is -2.38. The highest BCUT2D eigenvalue weighted by Crippen LogP contribution is 2.39. The molecule has 1 aliphatic heterocycles. The Morgan fingerprint density at radius 1 is 1.40 bits per heavy atom. The smallest absolute Gasteiger partial charge is 0.249 e. The number of nitrogens with one attached hydrogen (secondary N) is 1. The Balaban J connectivity index is 1.67. The van der Waals surface area contributed by atoms with E-state index < -0.39 is 0 Å². The van der Waals surface area contributed by atoms with Gasteiger partial charge in [0.25, 0.3) is 0 Å². The summed E-state index contributed by atoms with van der Waals surface area (Å²) < 4.78 is 5.89. The summed E-state index contributed by atoms with van der Waals surface area (Å²) in [4.78, 5) is 19.2. The van der Waals surface area contributed by atoms with Crippen molar-refractivity contribution >= 4 is 5.91 Å². The van der Waals surface area contributed by atoms with Crippen molar-refractivity contribution < 1.29 is 9.53 Å². The Morgan fingerprint density at radius 2 is 2.16 bits per heavy atom. The van der Waals surface area contributed by atoms with Crippen LogP contribution in [-0.2, 0) is 9.53 Å². The van der Waals surface area contributed by atoms with Crippen molar-refractivity contribution in [3.63, 3.8) is 0 Å². The van der Waals surface area contributed by atoms with Crippen LogP contribution >= 0.6 is 0 Å². The van der Waals surface area contributed by atoms with Crippen molar-refractivity contribution in [2.75, 3.05) is 20.2 Å². The largest absolute Gasteiger partial charge is 0.376 e. The highest BCUT2D eigenvalue weighted by Gasteiger charge is 2.35. The van der Waals surface area contributed by atoms with Gasteiger partial charge in [0.1, 0.15) is 5.82 Å². The molecule has 0 unspecified atom stereocenters. The number of amides is 1. The molecule has 0 aromatic carbocycles. The normalized spacial score (nSPS) is 26.1. The zero-order chi connectivity index (χ0) is 18.2. The fourth-order valence-corrected chi connectivity index (χ4v) is 4.11. The number of carbonyl (C=O) groups excluding carboxylic acids is 1. The molecule has 6 heteroatoms. The van der Waals surface area contributed by atoms with E-state index in [0.29, 0.717) is 18.6 Å². The van der Waals surface area contributed by atoms with E-state index >= 15 is 0 Å². The summed E-state index contributed by atoms with van der Waals surface area (Å²) >= 11 is 0. The van der Waals surface area contributed by atoms with Crippen LogP contribution in [0.3, 0.4) is 0 Å². The van der Waals surface area contributed by atoms with Crippen molar-refractivity contribution in [2.45, 2.75) is 65.4 Å². The zero-order valence-electron chi connectivity index (χ0n) is 16.1. The quantitative estimate of drug-likeness (QED) is 0.910. The average molecular weight is 346 g/mol. The van der Waals surface area contributed by atoms with Gasteiger partial charge in [0.15, 0.2) is 5.82 Å². The van der Waals surface area contributed by atoms with Gasteiger partial charge in [0.2, 0.25) is 5.91 Å². The van der Waals surface area contributed by atoms with Crippen LogP contribution in [0.2, 0.25) is 0 Å². The molecule has 138 valence electrons. The van der Waals surface area contributed by atoms with Crippen LogP contribution in [0.25, 0.3) is 0 Å². The number of allylic oxidation sites excluding steroid dienone is 1. The molecule has 1 aliphatic carbocycles. The highest BCUT2D eigenvalue weighted by molar-refractivity contribution is 5.94. The number of H-pyrrole nitrogens is 1. The van der Waals surface area contributed by atoms with Crippen molar-refractivity contribution in [3.8, 4) is 0 Å². The van der Waals surface area contributed by atoms with E-state index in [-0.39, 0.29) is 17.9 Å². The lowest BCUT2D eigenvalue weighted by molar-refractivity contribution is -0.127. The van der Waals surface area contributed by atoms with Crippen LogP contribution in [0.1, 0.15) is 64.0 Å². The first kappa shape index (κ1) is 18.1.